The van der Waals surface area contributed by atoms with E-state index in [-0.39, 0.29) is 0 Å². The van der Waals surface area contributed by atoms with Crippen LogP contribution in [0.3, 0.4) is 0 Å². The molecular weight excluding hydrogens is 535 g/mol. The van der Waals surface area contributed by atoms with Crippen LogP contribution in [0.2, 0.25) is 22.0 Å². The average molecular weight is 580 g/mol. The van der Waals surface area contributed by atoms with Gasteiger partial charge >= 0.3 is 133 Å². The molecule has 1 aliphatic rings. The quantitative estimate of drug-likeness (QED) is 0.142. The normalized spacial score (nSPS) is 15.8. The number of allylic oxidation sites excluding steroid dienone is 4. The first kappa shape index (κ1) is 25.3. The number of hydrogen-bond donors (Lipinski definition) is 0. The minimum absolute atomic E-state index is 0.677. The zero-order valence-electron chi connectivity index (χ0n) is 18.7. The Bertz CT molecular complexity index is 452. The van der Waals surface area contributed by atoms with E-state index >= 15 is 0 Å². The molecule has 0 bridgehead atoms. The molecule has 0 fully saturated rings. The van der Waals surface area contributed by atoms with Crippen molar-refractivity contribution in [1.29, 1.82) is 0 Å². The van der Waals surface area contributed by atoms with Crippen LogP contribution in [0, 0.1) is 0 Å². The summed E-state index contributed by atoms with van der Waals surface area (Å²) in [5, 5.41) is 7.56. The Labute approximate surface area is 173 Å². The van der Waals surface area contributed by atoms with E-state index in [1.165, 1.54) is 44.9 Å². The van der Waals surface area contributed by atoms with E-state index in [2.05, 4.69) is 28.1 Å². The molecule has 0 aromatic rings. The standard InChI is InChI=1S/C19H35O3Si.3CH3.Pt/c1-4-20-23(21-5-2,22-6-3)18-14-10-8-7-9-11-15-19-16-12-13-17-19;;;;/h12,16H,4-11,13-15,18H2,1-3H3;3*1H3;. The predicted octanol–water partition coefficient (Wildman–Crippen LogP) is 7.28. The number of hydrogen-bond acceptors (Lipinski definition) is 3. The second-order valence-electron chi connectivity index (χ2n) is 7.53. The third-order valence-corrected chi connectivity index (χ3v) is 13.2. The second kappa shape index (κ2) is 13.5. The van der Waals surface area contributed by atoms with Crippen molar-refractivity contribution < 1.29 is 29.3 Å². The van der Waals surface area contributed by atoms with E-state index in [9.17, 15) is 0 Å². The summed E-state index contributed by atoms with van der Waals surface area (Å²) in [6.45, 7) is 8.12. The molecule has 3 nitrogen and oxygen atoms in total. The summed E-state index contributed by atoms with van der Waals surface area (Å²) in [4.78, 5) is 0. The molecule has 0 aromatic carbocycles. The van der Waals surface area contributed by atoms with Gasteiger partial charge in [-0.1, -0.05) is 0 Å². The van der Waals surface area contributed by atoms with Crippen molar-refractivity contribution >= 4 is 8.80 Å². The van der Waals surface area contributed by atoms with Crippen molar-refractivity contribution in [3.8, 4) is 0 Å². The van der Waals surface area contributed by atoms with Crippen LogP contribution < -0.4 is 0 Å². The summed E-state index contributed by atoms with van der Waals surface area (Å²) in [6, 6.07) is 0.959. The van der Waals surface area contributed by atoms with E-state index in [0.29, 0.717) is 19.8 Å². The van der Waals surface area contributed by atoms with Crippen molar-refractivity contribution in [2.75, 3.05) is 19.8 Å². The molecule has 1 rings (SSSR count). The Hall–Kier alpha value is 0.265. The van der Waals surface area contributed by atoms with Crippen LogP contribution in [0.25, 0.3) is 0 Å². The molecule has 0 saturated carbocycles. The molecule has 27 heavy (non-hydrogen) atoms. The van der Waals surface area contributed by atoms with Crippen LogP contribution in [-0.2, 0) is 29.3 Å². The van der Waals surface area contributed by atoms with Crippen LogP contribution in [0.15, 0.2) is 21.7 Å². The monoisotopic (exact) mass is 579 g/mol. The van der Waals surface area contributed by atoms with Crippen LogP contribution in [0.5, 0.6) is 0 Å². The maximum absolute atomic E-state index is 5.94. The van der Waals surface area contributed by atoms with Gasteiger partial charge in [0.15, 0.2) is 0 Å². The first-order valence-corrected chi connectivity index (χ1v) is 20.4. The van der Waals surface area contributed by atoms with Crippen molar-refractivity contribution in [3.63, 3.8) is 0 Å². The Balaban J connectivity index is 2.22. The first-order chi connectivity index (χ1) is 12.9. The van der Waals surface area contributed by atoms with E-state index in [1.54, 1.807) is 5.57 Å². The fourth-order valence-corrected chi connectivity index (χ4v) is 10.6. The molecule has 0 N–H and O–H groups in total. The molecule has 0 heterocycles. The predicted molar refractivity (Wildman–Crippen MR) is 116 cm³/mol. The van der Waals surface area contributed by atoms with E-state index in [0.717, 1.165) is 12.5 Å². The summed E-state index contributed by atoms with van der Waals surface area (Å²) in [7, 11) is -2.42. The van der Waals surface area contributed by atoms with Crippen LogP contribution in [0.1, 0.15) is 72.1 Å². The second-order valence-corrected chi connectivity index (χ2v) is 21.9. The molecule has 164 valence electrons. The van der Waals surface area contributed by atoms with Gasteiger partial charge in [0.2, 0.25) is 0 Å². The minimum Gasteiger partial charge on any atom is -0.0427 e. The summed E-state index contributed by atoms with van der Waals surface area (Å²) in [5.41, 5.74) is 1.68. The Morgan fingerprint density at radius 3 is 1.85 bits per heavy atom. The summed E-state index contributed by atoms with van der Waals surface area (Å²) >= 11 is -1.56. The summed E-state index contributed by atoms with van der Waals surface area (Å²) in [5.74, 6) is 0. The zero-order valence-corrected chi connectivity index (χ0v) is 22.0. The summed E-state index contributed by atoms with van der Waals surface area (Å²) < 4.78 is 19.6. The smallest absolute Gasteiger partial charge is 0.0427 e. The Morgan fingerprint density at radius 2 is 1.33 bits per heavy atom. The Morgan fingerprint density at radius 1 is 0.815 bits per heavy atom. The minimum atomic E-state index is -2.42. The summed E-state index contributed by atoms with van der Waals surface area (Å²) in [6.07, 6.45) is 15.1. The van der Waals surface area contributed by atoms with Gasteiger partial charge in [-0.05, 0) is 20.8 Å². The Kier molecular flexibility index (Phi) is 12.6. The number of unbranched alkanes of at least 4 members (excludes halogenated alkanes) is 5. The molecule has 0 atom stereocenters. The van der Waals surface area contributed by atoms with Crippen molar-refractivity contribution in [2.24, 2.45) is 0 Å². The van der Waals surface area contributed by atoms with Gasteiger partial charge in [0.1, 0.15) is 0 Å². The van der Waals surface area contributed by atoms with Gasteiger partial charge < -0.3 is 0 Å². The fourth-order valence-electron chi connectivity index (χ4n) is 3.59. The molecule has 0 saturated heterocycles. The van der Waals surface area contributed by atoms with Crippen molar-refractivity contribution in [1.82, 2.24) is 0 Å². The van der Waals surface area contributed by atoms with E-state index < -0.39 is 24.9 Å². The number of rotatable bonds is 16. The average Bonchev–Trinajstić information content (AvgIpc) is 3.07. The van der Waals surface area contributed by atoms with Gasteiger partial charge in [-0.15, -0.1) is 0 Å². The van der Waals surface area contributed by atoms with Crippen LogP contribution in [-0.4, -0.2) is 28.6 Å². The zero-order chi connectivity index (χ0) is 20.2. The molecule has 1 aliphatic carbocycles. The van der Waals surface area contributed by atoms with Gasteiger partial charge in [-0.3, -0.25) is 0 Å². The van der Waals surface area contributed by atoms with Crippen LogP contribution in [0.4, 0.5) is 0 Å². The topological polar surface area (TPSA) is 27.7 Å². The van der Waals surface area contributed by atoms with Crippen molar-refractivity contribution in [2.45, 2.75) is 94.1 Å². The SMILES string of the molecule is CCO[Si](CCCCCCCCC1=[C]([Pt]([CH3])([CH3])[CH3])CC=C1)(OCC)OCC. The molecule has 0 radical (unpaired) electrons. The van der Waals surface area contributed by atoms with E-state index in [1.807, 2.05) is 24.7 Å². The van der Waals surface area contributed by atoms with Gasteiger partial charge in [-0.25, -0.2) is 0 Å². The van der Waals surface area contributed by atoms with Crippen molar-refractivity contribution in [3.05, 3.63) is 21.7 Å². The molecular formula is C22H44O3PtSi. The maximum atomic E-state index is 5.94. The van der Waals surface area contributed by atoms with Gasteiger partial charge in [0, 0.05) is 19.8 Å². The molecule has 0 amide bonds. The van der Waals surface area contributed by atoms with E-state index in [4.69, 9.17) is 13.3 Å². The third-order valence-electron chi connectivity index (χ3n) is 4.78. The third kappa shape index (κ3) is 9.54. The van der Waals surface area contributed by atoms with Gasteiger partial charge in [-0.2, -0.15) is 0 Å². The fraction of sp³-hybridized carbons (Fsp3) is 0.818. The first-order valence-electron chi connectivity index (χ1n) is 10.5. The molecule has 5 heteroatoms. The molecule has 0 aromatic heterocycles. The van der Waals surface area contributed by atoms with Gasteiger partial charge in [0.25, 0.3) is 0 Å². The van der Waals surface area contributed by atoms with Gasteiger partial charge in [0.05, 0.1) is 0 Å². The molecule has 0 spiro atoms. The molecule has 0 aliphatic heterocycles. The van der Waals surface area contributed by atoms with Crippen LogP contribution >= 0.6 is 0 Å². The molecule has 0 unspecified atom stereocenters.